The number of carbonyl (C=O) groups excluding carboxylic acids is 2. The number of likely N-dealkylation sites (tertiary alicyclic amines) is 1. The maximum Gasteiger partial charge on any atom is 0.509 e. The Morgan fingerprint density at radius 1 is 1.32 bits per heavy atom. The minimum Gasteiger partial charge on any atom is -0.438 e. The van der Waals surface area contributed by atoms with E-state index >= 15 is 0 Å². The molecule has 1 unspecified atom stereocenters. The van der Waals surface area contributed by atoms with Gasteiger partial charge in [-0.05, 0) is 49.1 Å². The summed E-state index contributed by atoms with van der Waals surface area (Å²) >= 11 is 0. The van der Waals surface area contributed by atoms with E-state index < -0.39 is 12.4 Å². The van der Waals surface area contributed by atoms with E-state index in [0.29, 0.717) is 13.0 Å². The summed E-state index contributed by atoms with van der Waals surface area (Å²) < 4.78 is 22.9. The number of halogens is 1. The van der Waals surface area contributed by atoms with Gasteiger partial charge >= 0.3 is 6.16 Å². The van der Waals surface area contributed by atoms with Gasteiger partial charge in [0.25, 0.3) is 0 Å². The first-order valence-corrected chi connectivity index (χ1v) is 7.22. The largest absolute Gasteiger partial charge is 0.509 e. The molecule has 1 atom stereocenters. The van der Waals surface area contributed by atoms with Gasteiger partial charge in [-0.1, -0.05) is 0 Å². The van der Waals surface area contributed by atoms with Gasteiger partial charge < -0.3 is 14.4 Å². The van der Waals surface area contributed by atoms with Gasteiger partial charge in [-0.25, -0.2) is 9.18 Å². The van der Waals surface area contributed by atoms with Crippen molar-refractivity contribution in [2.24, 2.45) is 0 Å². The molecule has 0 radical (unpaired) electrons. The van der Waals surface area contributed by atoms with Crippen LogP contribution in [0.4, 0.5) is 9.18 Å². The smallest absolute Gasteiger partial charge is 0.438 e. The lowest BCUT2D eigenvalue weighted by molar-refractivity contribution is -0.138. The molecule has 0 N–H and O–H groups in total. The monoisotopic (exact) mass is 309 g/mol. The Hall–Kier alpha value is -2.11. The first-order chi connectivity index (χ1) is 10.4. The highest BCUT2D eigenvalue weighted by Crippen LogP contribution is 2.22. The molecule has 0 spiro atoms. The maximum atomic E-state index is 13.3. The molecule has 2 rings (SSSR count). The second kappa shape index (κ2) is 6.77. The van der Waals surface area contributed by atoms with Gasteiger partial charge in [0.05, 0.1) is 13.5 Å². The molecule has 1 aliphatic heterocycles. The van der Waals surface area contributed by atoms with E-state index in [1.54, 1.807) is 18.7 Å². The molecule has 1 aliphatic rings. The van der Waals surface area contributed by atoms with Gasteiger partial charge in [-0.3, -0.25) is 4.79 Å². The Labute approximate surface area is 129 Å². The first kappa shape index (κ1) is 16.3. The third-order valence-corrected chi connectivity index (χ3v) is 3.91. The Kier molecular flexibility index (Phi) is 5.00. The summed E-state index contributed by atoms with van der Waals surface area (Å²) in [6.45, 7) is 4.11. The zero-order chi connectivity index (χ0) is 16.3. The molecule has 0 aromatic heterocycles. The Balaban J connectivity index is 2.10. The minimum absolute atomic E-state index is 0.135. The molecule has 0 bridgehead atoms. The van der Waals surface area contributed by atoms with E-state index in [0.717, 1.165) is 23.1 Å². The number of benzene rings is 1. The van der Waals surface area contributed by atoms with Crippen LogP contribution in [-0.4, -0.2) is 36.8 Å². The van der Waals surface area contributed by atoms with Crippen molar-refractivity contribution in [2.75, 3.05) is 13.7 Å². The lowest BCUT2D eigenvalue weighted by atomic mass is 9.99. The van der Waals surface area contributed by atoms with Crippen molar-refractivity contribution in [1.29, 1.82) is 0 Å². The lowest BCUT2D eigenvalue weighted by Crippen LogP contribution is -2.39. The third-order valence-electron chi connectivity index (χ3n) is 3.91. The van der Waals surface area contributed by atoms with E-state index in [1.165, 1.54) is 19.2 Å². The topological polar surface area (TPSA) is 55.8 Å². The summed E-state index contributed by atoms with van der Waals surface area (Å²) in [5.74, 6) is -0.441. The van der Waals surface area contributed by atoms with Crippen molar-refractivity contribution in [1.82, 2.24) is 4.90 Å². The molecular weight excluding hydrogens is 289 g/mol. The number of rotatable bonds is 3. The second-order valence-electron chi connectivity index (χ2n) is 5.45. The van der Waals surface area contributed by atoms with E-state index in [9.17, 15) is 14.0 Å². The van der Waals surface area contributed by atoms with Crippen LogP contribution in [-0.2, 0) is 20.7 Å². The Morgan fingerprint density at radius 2 is 1.95 bits per heavy atom. The van der Waals surface area contributed by atoms with Crippen molar-refractivity contribution >= 4 is 12.1 Å². The van der Waals surface area contributed by atoms with Crippen LogP contribution in [0.25, 0.3) is 0 Å². The summed E-state index contributed by atoms with van der Waals surface area (Å²) in [5, 5.41) is 0. The summed E-state index contributed by atoms with van der Waals surface area (Å²) in [6.07, 6.45) is 0.163. The highest BCUT2D eigenvalue weighted by Gasteiger charge is 2.32. The van der Waals surface area contributed by atoms with Crippen molar-refractivity contribution < 1.29 is 23.5 Å². The molecule has 1 heterocycles. The van der Waals surface area contributed by atoms with E-state index in [2.05, 4.69) is 4.74 Å². The van der Waals surface area contributed by atoms with Crippen molar-refractivity contribution in [2.45, 2.75) is 39.3 Å². The van der Waals surface area contributed by atoms with Gasteiger partial charge in [0.2, 0.25) is 5.91 Å². The fourth-order valence-electron chi connectivity index (χ4n) is 2.78. The lowest BCUT2D eigenvalue weighted by Gasteiger charge is -2.24. The van der Waals surface area contributed by atoms with Crippen LogP contribution >= 0.6 is 0 Å². The standard InChI is InChI=1S/C16H20FNO4/c1-10-7-12(17)8-11(2)13(10)9-14(19)18-6-4-5-15(18)22-16(20)21-3/h7-8,15H,4-6,9H2,1-3H3. The number of nitrogens with zero attached hydrogens (tertiary/aromatic N) is 1. The molecule has 0 aliphatic carbocycles. The third kappa shape index (κ3) is 3.55. The Bertz CT molecular complexity index is 565. The maximum absolute atomic E-state index is 13.3. The molecule has 1 fully saturated rings. The number of aryl methyl sites for hydroxylation is 2. The van der Waals surface area contributed by atoms with Gasteiger partial charge in [0.1, 0.15) is 5.82 Å². The fraction of sp³-hybridized carbons (Fsp3) is 0.500. The number of ether oxygens (including phenoxy) is 2. The van der Waals surface area contributed by atoms with Crippen LogP contribution < -0.4 is 0 Å². The number of hydrogen-bond donors (Lipinski definition) is 0. The van der Waals surface area contributed by atoms with Crippen LogP contribution in [0, 0.1) is 19.7 Å². The molecular formula is C16H20FNO4. The minimum atomic E-state index is -0.793. The van der Waals surface area contributed by atoms with Gasteiger partial charge in [0.15, 0.2) is 6.23 Å². The van der Waals surface area contributed by atoms with Gasteiger partial charge in [-0.15, -0.1) is 0 Å². The number of methoxy groups -OCH3 is 1. The molecule has 1 aromatic carbocycles. The van der Waals surface area contributed by atoms with Crippen LogP contribution in [0.5, 0.6) is 0 Å². The quantitative estimate of drug-likeness (QED) is 0.806. The predicted molar refractivity (Wildman–Crippen MR) is 77.8 cm³/mol. The van der Waals surface area contributed by atoms with Gasteiger partial charge in [-0.2, -0.15) is 0 Å². The molecule has 0 saturated carbocycles. The van der Waals surface area contributed by atoms with Crippen LogP contribution in [0.3, 0.4) is 0 Å². The van der Waals surface area contributed by atoms with Crippen molar-refractivity contribution in [3.8, 4) is 0 Å². The molecule has 6 heteroatoms. The number of hydrogen-bond acceptors (Lipinski definition) is 4. The predicted octanol–water partition coefficient (Wildman–Crippen LogP) is 2.72. The normalized spacial score (nSPS) is 17.5. The summed E-state index contributed by atoms with van der Waals surface area (Å²) in [5.41, 5.74) is 2.31. The van der Waals surface area contributed by atoms with E-state index in [4.69, 9.17) is 4.74 Å². The molecule has 5 nitrogen and oxygen atoms in total. The van der Waals surface area contributed by atoms with E-state index in [1.807, 2.05) is 0 Å². The fourth-order valence-corrected chi connectivity index (χ4v) is 2.78. The van der Waals surface area contributed by atoms with Gasteiger partial charge in [0, 0.05) is 13.0 Å². The van der Waals surface area contributed by atoms with Crippen molar-refractivity contribution in [3.05, 3.63) is 34.6 Å². The average Bonchev–Trinajstić information content (AvgIpc) is 2.90. The molecule has 1 amide bonds. The molecule has 120 valence electrons. The average molecular weight is 309 g/mol. The van der Waals surface area contributed by atoms with Crippen molar-refractivity contribution in [3.63, 3.8) is 0 Å². The zero-order valence-corrected chi connectivity index (χ0v) is 13.0. The Morgan fingerprint density at radius 3 is 2.55 bits per heavy atom. The molecule has 1 aromatic rings. The molecule has 1 saturated heterocycles. The highest BCUT2D eigenvalue weighted by atomic mass is 19.1. The SMILES string of the molecule is COC(=O)OC1CCCN1C(=O)Cc1c(C)cc(F)cc1C. The molecule has 22 heavy (non-hydrogen) atoms. The van der Waals surface area contributed by atoms with E-state index in [-0.39, 0.29) is 18.1 Å². The van der Waals surface area contributed by atoms with Crippen LogP contribution in [0.1, 0.15) is 29.5 Å². The first-order valence-electron chi connectivity index (χ1n) is 7.22. The second-order valence-corrected chi connectivity index (χ2v) is 5.45. The number of carbonyl (C=O) groups is 2. The summed E-state index contributed by atoms with van der Waals surface area (Å²) in [6, 6.07) is 2.84. The summed E-state index contributed by atoms with van der Waals surface area (Å²) in [7, 11) is 1.23. The summed E-state index contributed by atoms with van der Waals surface area (Å²) in [4.78, 5) is 25.2. The van der Waals surface area contributed by atoms with Crippen LogP contribution in [0.2, 0.25) is 0 Å². The van der Waals surface area contributed by atoms with Crippen LogP contribution in [0.15, 0.2) is 12.1 Å². The highest BCUT2D eigenvalue weighted by molar-refractivity contribution is 5.80. The number of amides is 1. The zero-order valence-electron chi connectivity index (χ0n) is 13.0.